The molecule has 0 heterocycles. The molecule has 0 unspecified atom stereocenters. The summed E-state index contributed by atoms with van der Waals surface area (Å²) < 4.78 is 0. The minimum absolute atomic E-state index is 1.09. The second kappa shape index (κ2) is 16.3. The standard InChI is InChI=1S/C64H43N/c1-3-15-44(16-4-1)50-20-13-21-51(43-50)45-29-36-52(37-30-45)65(54-40-33-48(34-41-54)57-42-35-46-17-7-8-22-55(46)63(57)49-18-5-2-6-19-49)53-38-31-47(32-39-53)56-27-14-28-62-60-24-10-9-23-58(60)59-25-11-12-26-61(59)64(56)62/h1-43H. The van der Waals surface area contributed by atoms with Gasteiger partial charge in [-0.05, 0) is 141 Å². The highest BCUT2D eigenvalue weighted by Gasteiger charge is 2.18. The molecule has 0 bridgehead atoms. The van der Waals surface area contributed by atoms with Gasteiger partial charge in [0, 0.05) is 17.1 Å². The molecule has 0 aromatic heterocycles. The first-order valence-electron chi connectivity index (χ1n) is 22.4. The first-order valence-corrected chi connectivity index (χ1v) is 22.4. The molecule has 0 N–H and O–H groups in total. The third-order valence-electron chi connectivity index (χ3n) is 13.1. The molecule has 0 amide bonds. The first-order chi connectivity index (χ1) is 32.2. The normalized spacial score (nSPS) is 11.4. The molecule has 0 fully saturated rings. The van der Waals surface area contributed by atoms with Crippen LogP contribution >= 0.6 is 0 Å². The van der Waals surface area contributed by atoms with Crippen LogP contribution in [0.4, 0.5) is 17.1 Å². The molecule has 12 rings (SSSR count). The van der Waals surface area contributed by atoms with Gasteiger partial charge < -0.3 is 4.90 Å². The summed E-state index contributed by atoms with van der Waals surface area (Å²) in [6.45, 7) is 0. The Balaban J connectivity index is 0.968. The summed E-state index contributed by atoms with van der Waals surface area (Å²) in [5.74, 6) is 0. The Labute approximate surface area is 379 Å². The lowest BCUT2D eigenvalue weighted by molar-refractivity contribution is 1.28. The molecule has 304 valence electrons. The summed E-state index contributed by atoms with van der Waals surface area (Å²) in [4.78, 5) is 2.38. The van der Waals surface area contributed by atoms with E-state index in [9.17, 15) is 0 Å². The Morgan fingerprint density at radius 1 is 0.215 bits per heavy atom. The third kappa shape index (κ3) is 6.92. The Kier molecular flexibility index (Phi) is 9.58. The summed E-state index contributed by atoms with van der Waals surface area (Å²) in [6.07, 6.45) is 0. The minimum Gasteiger partial charge on any atom is -0.311 e. The number of benzene rings is 12. The van der Waals surface area contributed by atoms with Crippen molar-refractivity contribution in [3.05, 3.63) is 261 Å². The molecule has 12 aromatic carbocycles. The fourth-order valence-electron chi connectivity index (χ4n) is 9.96. The third-order valence-corrected chi connectivity index (χ3v) is 13.1. The molecule has 65 heavy (non-hydrogen) atoms. The second-order valence-electron chi connectivity index (χ2n) is 16.8. The number of hydrogen-bond donors (Lipinski definition) is 0. The van der Waals surface area contributed by atoms with Crippen molar-refractivity contribution in [2.75, 3.05) is 4.90 Å². The monoisotopic (exact) mass is 825 g/mol. The van der Waals surface area contributed by atoms with E-state index < -0.39 is 0 Å². The molecule has 0 saturated carbocycles. The van der Waals surface area contributed by atoms with Crippen LogP contribution in [-0.2, 0) is 0 Å². The van der Waals surface area contributed by atoms with Gasteiger partial charge >= 0.3 is 0 Å². The van der Waals surface area contributed by atoms with Crippen LogP contribution in [-0.4, -0.2) is 0 Å². The summed E-state index contributed by atoms with van der Waals surface area (Å²) in [5, 5.41) is 10.2. The van der Waals surface area contributed by atoms with Crippen molar-refractivity contribution in [2.24, 2.45) is 0 Å². The summed E-state index contributed by atoms with van der Waals surface area (Å²) in [5.41, 5.74) is 15.4. The van der Waals surface area contributed by atoms with E-state index in [4.69, 9.17) is 0 Å². The van der Waals surface area contributed by atoms with E-state index in [1.165, 1.54) is 98.7 Å². The fourth-order valence-corrected chi connectivity index (χ4v) is 9.96. The van der Waals surface area contributed by atoms with Crippen molar-refractivity contribution in [3.63, 3.8) is 0 Å². The predicted molar refractivity (Wildman–Crippen MR) is 278 cm³/mol. The number of anilines is 3. The zero-order valence-electron chi connectivity index (χ0n) is 35.8. The second-order valence-corrected chi connectivity index (χ2v) is 16.8. The highest BCUT2D eigenvalue weighted by Crippen LogP contribution is 2.44. The summed E-state index contributed by atoms with van der Waals surface area (Å²) in [6, 6.07) is 95.1. The molecule has 0 spiro atoms. The number of fused-ring (bicyclic) bond motifs is 7. The van der Waals surface area contributed by atoms with Crippen molar-refractivity contribution >= 4 is 60.2 Å². The number of nitrogens with zero attached hydrogens (tertiary/aromatic N) is 1. The van der Waals surface area contributed by atoms with Gasteiger partial charge in [-0.15, -0.1) is 0 Å². The number of hydrogen-bond acceptors (Lipinski definition) is 1. The van der Waals surface area contributed by atoms with Gasteiger partial charge in [0.1, 0.15) is 0 Å². The van der Waals surface area contributed by atoms with Crippen molar-refractivity contribution in [3.8, 4) is 55.6 Å². The maximum atomic E-state index is 2.38. The van der Waals surface area contributed by atoms with E-state index in [1.54, 1.807) is 0 Å². The van der Waals surface area contributed by atoms with Crippen LogP contribution in [0.3, 0.4) is 0 Å². The van der Waals surface area contributed by atoms with Crippen LogP contribution in [0.25, 0.3) is 98.7 Å². The Morgan fingerprint density at radius 3 is 1.20 bits per heavy atom. The Bertz CT molecular complexity index is 3620. The predicted octanol–water partition coefficient (Wildman–Crippen LogP) is 18.1. The maximum absolute atomic E-state index is 2.38. The largest absolute Gasteiger partial charge is 0.311 e. The smallest absolute Gasteiger partial charge is 0.0462 e. The van der Waals surface area contributed by atoms with E-state index >= 15 is 0 Å². The topological polar surface area (TPSA) is 3.24 Å². The molecule has 0 radical (unpaired) electrons. The minimum atomic E-state index is 1.09. The van der Waals surface area contributed by atoms with E-state index in [2.05, 4.69) is 266 Å². The van der Waals surface area contributed by atoms with Crippen LogP contribution < -0.4 is 4.90 Å². The van der Waals surface area contributed by atoms with E-state index in [0.29, 0.717) is 0 Å². The Hall–Kier alpha value is -8.52. The van der Waals surface area contributed by atoms with E-state index in [-0.39, 0.29) is 0 Å². The van der Waals surface area contributed by atoms with Crippen molar-refractivity contribution < 1.29 is 0 Å². The summed E-state index contributed by atoms with van der Waals surface area (Å²) >= 11 is 0. The van der Waals surface area contributed by atoms with Crippen LogP contribution in [0.5, 0.6) is 0 Å². The SMILES string of the molecule is c1ccc(-c2cccc(-c3ccc(N(c4ccc(-c5ccc6ccccc6c5-c5ccccc5)cc4)c4ccc(-c5cccc6c7ccccc7c7ccccc7c56)cc4)cc3)c2)cc1. The van der Waals surface area contributed by atoms with Gasteiger partial charge in [0.2, 0.25) is 0 Å². The van der Waals surface area contributed by atoms with Crippen molar-refractivity contribution in [2.45, 2.75) is 0 Å². The van der Waals surface area contributed by atoms with Crippen molar-refractivity contribution in [1.29, 1.82) is 0 Å². The lowest BCUT2D eigenvalue weighted by Gasteiger charge is -2.26. The van der Waals surface area contributed by atoms with Crippen LogP contribution in [0.1, 0.15) is 0 Å². The lowest BCUT2D eigenvalue weighted by Crippen LogP contribution is -2.09. The highest BCUT2D eigenvalue weighted by molar-refractivity contribution is 6.28. The lowest BCUT2D eigenvalue weighted by atomic mass is 9.89. The van der Waals surface area contributed by atoms with Gasteiger partial charge in [-0.25, -0.2) is 0 Å². The van der Waals surface area contributed by atoms with Crippen LogP contribution in [0, 0.1) is 0 Å². The van der Waals surface area contributed by atoms with Gasteiger partial charge in [0.15, 0.2) is 0 Å². The van der Waals surface area contributed by atoms with Crippen LogP contribution in [0.15, 0.2) is 261 Å². The molecule has 1 nitrogen and oxygen atoms in total. The Morgan fingerprint density at radius 2 is 0.615 bits per heavy atom. The zero-order chi connectivity index (χ0) is 43.1. The molecule has 0 aliphatic heterocycles. The fraction of sp³-hybridized carbons (Fsp3) is 0. The zero-order valence-corrected chi connectivity index (χ0v) is 35.8. The molecule has 0 atom stereocenters. The van der Waals surface area contributed by atoms with Gasteiger partial charge in [-0.1, -0.05) is 218 Å². The van der Waals surface area contributed by atoms with Gasteiger partial charge in [-0.3, -0.25) is 0 Å². The molecule has 12 aromatic rings. The van der Waals surface area contributed by atoms with Crippen LogP contribution in [0.2, 0.25) is 0 Å². The quantitative estimate of drug-likeness (QED) is 0.138. The average molecular weight is 826 g/mol. The maximum Gasteiger partial charge on any atom is 0.0462 e. The molecule has 0 aliphatic rings. The van der Waals surface area contributed by atoms with Gasteiger partial charge in [0.25, 0.3) is 0 Å². The summed E-state index contributed by atoms with van der Waals surface area (Å²) in [7, 11) is 0. The van der Waals surface area contributed by atoms with Crippen molar-refractivity contribution in [1.82, 2.24) is 0 Å². The highest BCUT2D eigenvalue weighted by atomic mass is 15.1. The van der Waals surface area contributed by atoms with E-state index in [1.807, 2.05) is 0 Å². The molecule has 0 aliphatic carbocycles. The number of rotatable bonds is 8. The van der Waals surface area contributed by atoms with Gasteiger partial charge in [-0.2, -0.15) is 0 Å². The molecule has 1 heteroatoms. The first kappa shape index (κ1) is 38.2. The van der Waals surface area contributed by atoms with E-state index in [0.717, 1.165) is 17.1 Å². The molecular formula is C64H43N. The molecular weight excluding hydrogens is 783 g/mol. The molecule has 0 saturated heterocycles. The van der Waals surface area contributed by atoms with Gasteiger partial charge in [0.05, 0.1) is 0 Å². The average Bonchev–Trinajstić information content (AvgIpc) is 3.39.